The Bertz CT molecular complexity index is 698. The molecule has 0 saturated carbocycles. The molecule has 98 valence electrons. The van der Waals surface area contributed by atoms with E-state index in [1.54, 1.807) is 0 Å². The Morgan fingerprint density at radius 3 is 3.00 bits per heavy atom. The molecule has 2 heterocycles. The van der Waals surface area contributed by atoms with Gasteiger partial charge in [0.1, 0.15) is 17.0 Å². The largest absolute Gasteiger partial charge is 0.465 e. The van der Waals surface area contributed by atoms with Crippen molar-refractivity contribution in [2.24, 2.45) is 0 Å². The molecule has 0 aliphatic carbocycles. The van der Waals surface area contributed by atoms with Crippen molar-refractivity contribution in [2.75, 3.05) is 7.05 Å². The number of nitrogens with zero attached hydrogens (tertiary/aromatic N) is 3. The number of furan rings is 1. The number of hydrogen-bond donors (Lipinski definition) is 1. The molecule has 0 bridgehead atoms. The maximum Gasteiger partial charge on any atom is 0.118 e. The van der Waals surface area contributed by atoms with Crippen LogP contribution in [0, 0.1) is 6.92 Å². The molecular weight excluding hydrogens is 240 g/mol. The van der Waals surface area contributed by atoms with Gasteiger partial charge in [-0.15, -0.1) is 5.10 Å². The molecule has 0 aliphatic heterocycles. The normalized spacial score (nSPS) is 11.3. The summed E-state index contributed by atoms with van der Waals surface area (Å²) >= 11 is 0. The van der Waals surface area contributed by atoms with Gasteiger partial charge in [-0.1, -0.05) is 17.3 Å². The lowest BCUT2D eigenvalue weighted by Gasteiger charge is -2.00. The summed E-state index contributed by atoms with van der Waals surface area (Å²) in [5, 5.41) is 11.4. The molecule has 0 aliphatic rings. The van der Waals surface area contributed by atoms with Gasteiger partial charge in [-0.3, -0.25) is 0 Å². The fourth-order valence-corrected chi connectivity index (χ4v) is 2.20. The Hall–Kier alpha value is -2.14. The molecule has 5 heteroatoms. The fraction of sp³-hybridized carbons (Fsp3) is 0.286. The summed E-state index contributed by atoms with van der Waals surface area (Å²) in [6.07, 6.45) is 0. The Morgan fingerprint density at radius 1 is 1.32 bits per heavy atom. The SMILES string of the molecule is CNCc1cc(Cn2nnc3ccccc32)c(C)o1. The van der Waals surface area contributed by atoms with Crippen LogP contribution in [0.15, 0.2) is 34.7 Å². The number of rotatable bonds is 4. The molecule has 0 saturated heterocycles. The third kappa shape index (κ3) is 2.24. The minimum Gasteiger partial charge on any atom is -0.465 e. The Kier molecular flexibility index (Phi) is 3.05. The number of aromatic nitrogens is 3. The van der Waals surface area contributed by atoms with E-state index in [1.807, 2.05) is 42.9 Å². The molecule has 3 aromatic rings. The highest BCUT2D eigenvalue weighted by Gasteiger charge is 2.10. The summed E-state index contributed by atoms with van der Waals surface area (Å²) in [5.74, 6) is 1.88. The van der Waals surface area contributed by atoms with E-state index in [0.717, 1.165) is 34.7 Å². The Balaban J connectivity index is 1.92. The first-order valence-corrected chi connectivity index (χ1v) is 6.29. The highest BCUT2D eigenvalue weighted by atomic mass is 16.3. The van der Waals surface area contributed by atoms with Crippen LogP contribution in [0.2, 0.25) is 0 Å². The topological polar surface area (TPSA) is 55.9 Å². The number of nitrogens with one attached hydrogen (secondary N) is 1. The fourth-order valence-electron chi connectivity index (χ4n) is 2.20. The van der Waals surface area contributed by atoms with Gasteiger partial charge in [-0.05, 0) is 32.2 Å². The molecule has 0 spiro atoms. The summed E-state index contributed by atoms with van der Waals surface area (Å²) in [4.78, 5) is 0. The highest BCUT2D eigenvalue weighted by Crippen LogP contribution is 2.18. The molecule has 0 radical (unpaired) electrons. The monoisotopic (exact) mass is 256 g/mol. The van der Waals surface area contributed by atoms with Gasteiger partial charge in [0, 0.05) is 5.56 Å². The molecule has 2 aromatic heterocycles. The van der Waals surface area contributed by atoms with Gasteiger partial charge in [0.2, 0.25) is 0 Å². The van der Waals surface area contributed by atoms with E-state index in [4.69, 9.17) is 4.42 Å². The van der Waals surface area contributed by atoms with E-state index < -0.39 is 0 Å². The zero-order chi connectivity index (χ0) is 13.2. The maximum atomic E-state index is 5.69. The van der Waals surface area contributed by atoms with Crippen molar-refractivity contribution in [2.45, 2.75) is 20.0 Å². The smallest absolute Gasteiger partial charge is 0.118 e. The first-order chi connectivity index (χ1) is 9.28. The van der Waals surface area contributed by atoms with Crippen LogP contribution in [0.5, 0.6) is 0 Å². The van der Waals surface area contributed by atoms with Crippen LogP contribution in [0.4, 0.5) is 0 Å². The molecule has 0 unspecified atom stereocenters. The molecule has 3 rings (SSSR count). The predicted molar refractivity (Wildman–Crippen MR) is 72.8 cm³/mol. The lowest BCUT2D eigenvalue weighted by Crippen LogP contribution is -2.04. The zero-order valence-corrected chi connectivity index (χ0v) is 11.1. The van der Waals surface area contributed by atoms with Crippen molar-refractivity contribution in [3.05, 3.63) is 47.4 Å². The van der Waals surface area contributed by atoms with Crippen molar-refractivity contribution in [1.82, 2.24) is 20.3 Å². The molecule has 1 N–H and O–H groups in total. The van der Waals surface area contributed by atoms with E-state index in [1.165, 1.54) is 0 Å². The number of para-hydroxylation sites is 1. The van der Waals surface area contributed by atoms with Crippen molar-refractivity contribution in [3.63, 3.8) is 0 Å². The van der Waals surface area contributed by atoms with Gasteiger partial charge in [0.25, 0.3) is 0 Å². The number of aryl methyl sites for hydroxylation is 1. The van der Waals surface area contributed by atoms with Gasteiger partial charge in [0.05, 0.1) is 18.6 Å². The van der Waals surface area contributed by atoms with E-state index in [-0.39, 0.29) is 0 Å². The van der Waals surface area contributed by atoms with E-state index >= 15 is 0 Å². The van der Waals surface area contributed by atoms with Crippen LogP contribution in [-0.2, 0) is 13.1 Å². The molecule has 0 atom stereocenters. The summed E-state index contributed by atoms with van der Waals surface area (Å²) in [6, 6.07) is 10.0. The first-order valence-electron chi connectivity index (χ1n) is 6.29. The van der Waals surface area contributed by atoms with Gasteiger partial charge in [-0.2, -0.15) is 0 Å². The third-order valence-electron chi connectivity index (χ3n) is 3.16. The Morgan fingerprint density at radius 2 is 2.16 bits per heavy atom. The summed E-state index contributed by atoms with van der Waals surface area (Å²) in [6.45, 7) is 3.39. The van der Waals surface area contributed by atoms with Crippen LogP contribution < -0.4 is 5.32 Å². The summed E-state index contributed by atoms with van der Waals surface area (Å²) < 4.78 is 7.59. The molecule has 0 fully saturated rings. The summed E-state index contributed by atoms with van der Waals surface area (Å²) in [5.41, 5.74) is 3.10. The molecule has 19 heavy (non-hydrogen) atoms. The van der Waals surface area contributed by atoms with Gasteiger partial charge in [-0.25, -0.2) is 4.68 Å². The lowest BCUT2D eigenvalue weighted by atomic mass is 10.2. The average molecular weight is 256 g/mol. The second-order valence-corrected chi connectivity index (χ2v) is 4.56. The van der Waals surface area contributed by atoms with Gasteiger partial charge in [0.15, 0.2) is 0 Å². The van der Waals surface area contributed by atoms with Crippen molar-refractivity contribution in [3.8, 4) is 0 Å². The van der Waals surface area contributed by atoms with Crippen LogP contribution in [0.1, 0.15) is 17.1 Å². The predicted octanol–water partition coefficient (Wildman–Crippen LogP) is 2.10. The molecule has 1 aromatic carbocycles. The number of fused-ring (bicyclic) bond motifs is 1. The molecular formula is C14H16N4O. The van der Waals surface area contributed by atoms with E-state index in [0.29, 0.717) is 6.54 Å². The van der Waals surface area contributed by atoms with Crippen LogP contribution >= 0.6 is 0 Å². The molecule has 5 nitrogen and oxygen atoms in total. The summed E-state index contributed by atoms with van der Waals surface area (Å²) in [7, 11) is 1.91. The minimum atomic E-state index is 0.680. The zero-order valence-electron chi connectivity index (χ0n) is 11.1. The standard InChI is InChI=1S/C14H16N4O/c1-10-11(7-12(19-10)8-15-2)9-18-14-6-4-3-5-13(14)16-17-18/h3-7,15H,8-9H2,1-2H3. The van der Waals surface area contributed by atoms with Crippen LogP contribution in [0.3, 0.4) is 0 Å². The number of benzene rings is 1. The lowest BCUT2D eigenvalue weighted by molar-refractivity contribution is 0.468. The first kappa shape index (κ1) is 11.9. The van der Waals surface area contributed by atoms with Crippen LogP contribution in [0.25, 0.3) is 11.0 Å². The maximum absolute atomic E-state index is 5.69. The third-order valence-corrected chi connectivity index (χ3v) is 3.16. The van der Waals surface area contributed by atoms with Gasteiger partial charge >= 0.3 is 0 Å². The van der Waals surface area contributed by atoms with Crippen molar-refractivity contribution >= 4 is 11.0 Å². The van der Waals surface area contributed by atoms with E-state index in [2.05, 4.69) is 21.7 Å². The second kappa shape index (κ2) is 4.85. The number of hydrogen-bond acceptors (Lipinski definition) is 4. The van der Waals surface area contributed by atoms with Crippen molar-refractivity contribution < 1.29 is 4.42 Å². The Labute approximate surface area is 111 Å². The highest BCUT2D eigenvalue weighted by molar-refractivity contribution is 5.73. The average Bonchev–Trinajstić information content (AvgIpc) is 2.96. The quantitative estimate of drug-likeness (QED) is 0.776. The minimum absolute atomic E-state index is 0.680. The second-order valence-electron chi connectivity index (χ2n) is 4.56. The van der Waals surface area contributed by atoms with Gasteiger partial charge < -0.3 is 9.73 Å². The van der Waals surface area contributed by atoms with Crippen LogP contribution in [-0.4, -0.2) is 22.0 Å². The molecule has 0 amide bonds. The van der Waals surface area contributed by atoms with E-state index in [9.17, 15) is 0 Å². The van der Waals surface area contributed by atoms with Crippen molar-refractivity contribution in [1.29, 1.82) is 0 Å².